The Balaban J connectivity index is 1.50. The lowest BCUT2D eigenvalue weighted by atomic mass is 10.2. The molecule has 27 heavy (non-hydrogen) atoms. The van der Waals surface area contributed by atoms with Crippen LogP contribution in [-0.4, -0.2) is 54.7 Å². The minimum Gasteiger partial charge on any atom is -0.369 e. The molecule has 1 aliphatic heterocycles. The molecule has 1 amide bonds. The number of nitrogens with one attached hydrogen (secondary N) is 1. The fraction of sp³-hybridized carbons (Fsp3) is 0.316. The number of hydrogen-bond acceptors (Lipinski definition) is 6. The molecule has 0 bridgehead atoms. The van der Waals surface area contributed by atoms with Gasteiger partial charge in [-0.2, -0.15) is 0 Å². The zero-order valence-corrected chi connectivity index (χ0v) is 15.9. The number of para-hydroxylation sites is 1. The maximum atomic E-state index is 12.4. The number of amides is 1. The number of anilines is 2. The molecular formula is C19H22N4O3S. The molecule has 8 heteroatoms. The van der Waals surface area contributed by atoms with Gasteiger partial charge < -0.3 is 10.2 Å². The zero-order chi connectivity index (χ0) is 19.2. The smallest absolute Gasteiger partial charge is 0.269 e. The lowest BCUT2D eigenvalue weighted by molar-refractivity contribution is -0.384. The average molecular weight is 386 g/mol. The van der Waals surface area contributed by atoms with Gasteiger partial charge in [0.25, 0.3) is 5.69 Å². The summed E-state index contributed by atoms with van der Waals surface area (Å²) in [6.45, 7) is 3.47. The van der Waals surface area contributed by atoms with Gasteiger partial charge in [0.1, 0.15) is 0 Å². The third-order valence-electron chi connectivity index (χ3n) is 4.55. The summed E-state index contributed by atoms with van der Waals surface area (Å²) >= 11 is 1.61. The van der Waals surface area contributed by atoms with Crippen molar-refractivity contribution in [2.75, 3.05) is 49.2 Å². The Hall–Kier alpha value is -2.58. The van der Waals surface area contributed by atoms with Crippen molar-refractivity contribution in [1.82, 2.24) is 4.90 Å². The van der Waals surface area contributed by atoms with Gasteiger partial charge in [-0.05, 0) is 30.5 Å². The van der Waals surface area contributed by atoms with Gasteiger partial charge in [-0.1, -0.05) is 12.1 Å². The van der Waals surface area contributed by atoms with Crippen molar-refractivity contribution in [2.24, 2.45) is 0 Å². The average Bonchev–Trinajstić information content (AvgIpc) is 2.69. The maximum Gasteiger partial charge on any atom is 0.269 e. The maximum absolute atomic E-state index is 12.4. The van der Waals surface area contributed by atoms with Gasteiger partial charge in [0.15, 0.2) is 0 Å². The molecule has 7 nitrogen and oxygen atoms in total. The second-order valence-electron chi connectivity index (χ2n) is 6.29. The fourth-order valence-corrected chi connectivity index (χ4v) is 3.64. The van der Waals surface area contributed by atoms with E-state index in [1.807, 2.05) is 30.5 Å². The fourth-order valence-electron chi connectivity index (χ4n) is 3.09. The molecule has 0 spiro atoms. The van der Waals surface area contributed by atoms with E-state index in [1.54, 1.807) is 23.9 Å². The molecule has 0 unspecified atom stereocenters. The number of hydrogen-bond donors (Lipinski definition) is 1. The SMILES string of the molecule is CSc1ccccc1NC(=O)CN1CCN(c2ccc([N+](=O)[O-])cc2)CC1. The summed E-state index contributed by atoms with van der Waals surface area (Å²) in [5.74, 6) is -0.0136. The molecule has 0 aromatic heterocycles. The predicted molar refractivity (Wildman–Crippen MR) is 109 cm³/mol. The first kappa shape index (κ1) is 19.2. The number of rotatable bonds is 6. The summed E-state index contributed by atoms with van der Waals surface area (Å²) in [5, 5.41) is 13.7. The Morgan fingerprint density at radius 3 is 2.41 bits per heavy atom. The summed E-state index contributed by atoms with van der Waals surface area (Å²) in [7, 11) is 0. The number of carbonyl (C=O) groups excluding carboxylic acids is 1. The van der Waals surface area contributed by atoms with Crippen LogP contribution in [0.1, 0.15) is 0 Å². The highest BCUT2D eigenvalue weighted by atomic mass is 32.2. The molecule has 0 aliphatic carbocycles. The number of piperazine rings is 1. The van der Waals surface area contributed by atoms with Crippen molar-refractivity contribution < 1.29 is 9.72 Å². The standard InChI is InChI=1S/C19H22N4O3S/c1-27-18-5-3-2-4-17(18)20-19(24)14-21-10-12-22(13-11-21)15-6-8-16(9-7-15)23(25)26/h2-9H,10-14H2,1H3,(H,20,24). The van der Waals surface area contributed by atoms with E-state index < -0.39 is 4.92 Å². The largest absolute Gasteiger partial charge is 0.369 e. The summed E-state index contributed by atoms with van der Waals surface area (Å²) in [4.78, 5) is 28.1. The molecule has 1 N–H and O–H groups in total. The van der Waals surface area contributed by atoms with Crippen molar-refractivity contribution in [3.8, 4) is 0 Å². The van der Waals surface area contributed by atoms with Crippen LogP contribution in [0.25, 0.3) is 0 Å². The van der Waals surface area contributed by atoms with Crippen LogP contribution in [0.4, 0.5) is 17.1 Å². The van der Waals surface area contributed by atoms with Crippen LogP contribution >= 0.6 is 11.8 Å². The molecule has 0 radical (unpaired) electrons. The van der Waals surface area contributed by atoms with Gasteiger partial charge in [-0.25, -0.2) is 0 Å². The van der Waals surface area contributed by atoms with Gasteiger partial charge in [0.05, 0.1) is 17.2 Å². The molecule has 2 aromatic carbocycles. The summed E-state index contributed by atoms with van der Waals surface area (Å²) in [6.07, 6.45) is 1.99. The van der Waals surface area contributed by atoms with E-state index in [0.717, 1.165) is 42.4 Å². The Bertz CT molecular complexity index is 805. The Kier molecular flexibility index (Phi) is 6.31. The molecule has 1 aliphatic rings. The third-order valence-corrected chi connectivity index (χ3v) is 5.34. The van der Waals surface area contributed by atoms with Crippen molar-refractivity contribution in [3.63, 3.8) is 0 Å². The van der Waals surface area contributed by atoms with Gasteiger partial charge >= 0.3 is 0 Å². The van der Waals surface area contributed by atoms with Gasteiger partial charge in [0.2, 0.25) is 5.91 Å². The van der Waals surface area contributed by atoms with Crippen molar-refractivity contribution in [3.05, 3.63) is 58.6 Å². The van der Waals surface area contributed by atoms with Crippen LogP contribution < -0.4 is 10.2 Å². The lowest BCUT2D eigenvalue weighted by Gasteiger charge is -2.35. The van der Waals surface area contributed by atoms with Crippen molar-refractivity contribution >= 4 is 34.7 Å². The number of nitrogens with zero attached hydrogens (tertiary/aromatic N) is 3. The Morgan fingerprint density at radius 2 is 1.78 bits per heavy atom. The molecule has 1 heterocycles. The molecule has 1 saturated heterocycles. The van der Waals surface area contributed by atoms with Crippen LogP contribution in [0.2, 0.25) is 0 Å². The first-order valence-corrected chi connectivity index (χ1v) is 9.94. The third kappa shape index (κ3) is 4.99. The quantitative estimate of drug-likeness (QED) is 0.467. The minimum absolute atomic E-state index is 0.0136. The van der Waals surface area contributed by atoms with E-state index in [1.165, 1.54) is 12.1 Å². The van der Waals surface area contributed by atoms with Crippen molar-refractivity contribution in [2.45, 2.75) is 4.90 Å². The second kappa shape index (κ2) is 8.88. The summed E-state index contributed by atoms with van der Waals surface area (Å²) < 4.78 is 0. The molecule has 1 fully saturated rings. The molecular weight excluding hydrogens is 364 g/mol. The summed E-state index contributed by atoms with van der Waals surface area (Å²) in [6, 6.07) is 14.4. The Labute approximate surface area is 162 Å². The topological polar surface area (TPSA) is 78.7 Å². The van der Waals surface area contributed by atoms with Crippen LogP contribution in [0.5, 0.6) is 0 Å². The van der Waals surface area contributed by atoms with Crippen LogP contribution in [-0.2, 0) is 4.79 Å². The van der Waals surface area contributed by atoms with Gasteiger partial charge in [-0.15, -0.1) is 11.8 Å². The number of carbonyl (C=O) groups is 1. The van der Waals surface area contributed by atoms with Crippen LogP contribution in [0.15, 0.2) is 53.4 Å². The Morgan fingerprint density at radius 1 is 1.11 bits per heavy atom. The highest BCUT2D eigenvalue weighted by Gasteiger charge is 2.20. The van der Waals surface area contributed by atoms with E-state index in [4.69, 9.17) is 0 Å². The lowest BCUT2D eigenvalue weighted by Crippen LogP contribution is -2.48. The normalized spacial score (nSPS) is 14.8. The van der Waals surface area contributed by atoms with E-state index >= 15 is 0 Å². The van der Waals surface area contributed by atoms with E-state index in [9.17, 15) is 14.9 Å². The molecule has 0 atom stereocenters. The monoisotopic (exact) mass is 386 g/mol. The van der Waals surface area contributed by atoms with E-state index in [0.29, 0.717) is 6.54 Å². The molecule has 142 valence electrons. The highest BCUT2D eigenvalue weighted by Crippen LogP contribution is 2.24. The molecule has 0 saturated carbocycles. The predicted octanol–water partition coefficient (Wildman–Crippen LogP) is 3.08. The molecule has 2 aromatic rings. The van der Waals surface area contributed by atoms with Gasteiger partial charge in [-0.3, -0.25) is 19.8 Å². The highest BCUT2D eigenvalue weighted by molar-refractivity contribution is 7.98. The van der Waals surface area contributed by atoms with E-state index in [2.05, 4.69) is 15.1 Å². The number of benzene rings is 2. The summed E-state index contributed by atoms with van der Waals surface area (Å²) in [5.41, 5.74) is 1.91. The number of nitro benzene ring substituents is 1. The first-order chi connectivity index (χ1) is 13.1. The van der Waals surface area contributed by atoms with Crippen molar-refractivity contribution in [1.29, 1.82) is 0 Å². The number of thioether (sulfide) groups is 1. The second-order valence-corrected chi connectivity index (χ2v) is 7.13. The van der Waals surface area contributed by atoms with Gasteiger partial charge in [0, 0.05) is 48.9 Å². The first-order valence-electron chi connectivity index (χ1n) is 8.71. The van der Waals surface area contributed by atoms with Crippen LogP contribution in [0.3, 0.4) is 0 Å². The zero-order valence-electron chi connectivity index (χ0n) is 15.1. The number of non-ortho nitro benzene ring substituents is 1. The van der Waals surface area contributed by atoms with Crippen LogP contribution in [0, 0.1) is 10.1 Å². The molecule has 3 rings (SSSR count). The van der Waals surface area contributed by atoms with E-state index in [-0.39, 0.29) is 11.6 Å². The number of nitro groups is 1. The minimum atomic E-state index is -0.393.